The van der Waals surface area contributed by atoms with Crippen LogP contribution >= 0.6 is 0 Å². The second kappa shape index (κ2) is 9.79. The van der Waals surface area contributed by atoms with Crippen LogP contribution in [0.25, 0.3) is 0 Å². The van der Waals surface area contributed by atoms with E-state index in [0.717, 1.165) is 13.1 Å². The maximum absolute atomic E-state index is 3.18. The number of nitrogens with zero attached hydrogens (tertiary/aromatic N) is 2. The van der Waals surface area contributed by atoms with Crippen molar-refractivity contribution in [3.63, 3.8) is 0 Å². The third-order valence-electron chi connectivity index (χ3n) is 3.35. The Hall–Kier alpha value is -0.200. The Balaban J connectivity index is 2.21. The first-order valence-electron chi connectivity index (χ1n) is 6.99. The van der Waals surface area contributed by atoms with Crippen molar-refractivity contribution in [2.45, 2.75) is 51.4 Å². The largest absolute Gasteiger partial charge is 0.243 e. The van der Waals surface area contributed by atoms with Crippen molar-refractivity contribution < 1.29 is 0 Å². The van der Waals surface area contributed by atoms with Gasteiger partial charge in [-0.25, -0.2) is 10.4 Å². The molecular formula is C12H29N5. The molecule has 0 saturated carbocycles. The van der Waals surface area contributed by atoms with Crippen LogP contribution in [0.1, 0.15) is 51.4 Å². The quantitative estimate of drug-likeness (QED) is 0.600. The molecule has 0 aromatic heterocycles. The van der Waals surface area contributed by atoms with Gasteiger partial charge in [-0.05, 0) is 12.8 Å². The van der Waals surface area contributed by atoms with Gasteiger partial charge < -0.3 is 0 Å². The molecule has 1 aliphatic heterocycles. The van der Waals surface area contributed by atoms with Crippen LogP contribution in [0.2, 0.25) is 0 Å². The zero-order chi connectivity index (χ0) is 12.3. The van der Waals surface area contributed by atoms with Crippen molar-refractivity contribution in [2.24, 2.45) is 0 Å². The highest BCUT2D eigenvalue weighted by Gasteiger charge is 2.04. The third-order valence-corrected chi connectivity index (χ3v) is 3.35. The number of hydrogen-bond donors (Lipinski definition) is 3. The van der Waals surface area contributed by atoms with Crippen molar-refractivity contribution in [3.8, 4) is 0 Å². The van der Waals surface area contributed by atoms with E-state index >= 15 is 0 Å². The van der Waals surface area contributed by atoms with Gasteiger partial charge in [-0.15, -0.1) is 0 Å². The lowest BCUT2D eigenvalue weighted by molar-refractivity contribution is -0.0461. The number of hydrogen-bond acceptors (Lipinski definition) is 5. The van der Waals surface area contributed by atoms with Gasteiger partial charge in [-0.2, -0.15) is 16.2 Å². The second-order valence-corrected chi connectivity index (χ2v) is 4.90. The number of rotatable bonds is 0. The van der Waals surface area contributed by atoms with Gasteiger partial charge in [0.05, 0.1) is 0 Å². The van der Waals surface area contributed by atoms with Crippen molar-refractivity contribution in [1.82, 2.24) is 26.6 Å². The molecule has 0 aliphatic carbocycles. The minimum atomic E-state index is 1.02. The molecule has 0 aromatic rings. The zero-order valence-electron chi connectivity index (χ0n) is 11.5. The summed E-state index contributed by atoms with van der Waals surface area (Å²) in [6.07, 6.45) is 10.8. The third kappa shape index (κ3) is 7.68. The van der Waals surface area contributed by atoms with E-state index in [1.807, 2.05) is 12.2 Å². The summed E-state index contributed by atoms with van der Waals surface area (Å²) >= 11 is 0. The minimum absolute atomic E-state index is 1.02. The second-order valence-electron chi connectivity index (χ2n) is 4.90. The first kappa shape index (κ1) is 14.9. The minimum Gasteiger partial charge on any atom is -0.243 e. The fraction of sp³-hybridized carbons (Fsp3) is 1.00. The van der Waals surface area contributed by atoms with Crippen molar-refractivity contribution >= 4 is 0 Å². The monoisotopic (exact) mass is 243 g/mol. The van der Waals surface area contributed by atoms with Crippen molar-refractivity contribution in [1.29, 1.82) is 0 Å². The van der Waals surface area contributed by atoms with E-state index in [0.29, 0.717) is 0 Å². The average molecular weight is 243 g/mol. The molecule has 1 aliphatic rings. The van der Waals surface area contributed by atoms with Crippen LogP contribution in [0.4, 0.5) is 0 Å². The highest BCUT2D eigenvalue weighted by atomic mass is 15.9. The molecule has 1 rings (SSSR count). The molecule has 0 spiro atoms. The Kier molecular flexibility index (Phi) is 8.56. The predicted molar refractivity (Wildman–Crippen MR) is 71.6 cm³/mol. The van der Waals surface area contributed by atoms with Gasteiger partial charge in [-0.3, -0.25) is 0 Å². The van der Waals surface area contributed by atoms with Crippen molar-refractivity contribution in [2.75, 3.05) is 27.2 Å². The first-order valence-corrected chi connectivity index (χ1v) is 6.99. The van der Waals surface area contributed by atoms with E-state index < -0.39 is 0 Å². The summed E-state index contributed by atoms with van der Waals surface area (Å²) in [5, 5.41) is 4.17. The summed E-state index contributed by atoms with van der Waals surface area (Å²) in [5.74, 6) is 0. The molecule has 0 unspecified atom stereocenters. The van der Waals surface area contributed by atoms with Crippen LogP contribution in [0.5, 0.6) is 0 Å². The Morgan fingerprint density at radius 3 is 2.06 bits per heavy atom. The average Bonchev–Trinajstić information content (AvgIpc) is 2.34. The Morgan fingerprint density at radius 2 is 1.35 bits per heavy atom. The standard InChI is InChI=1S/C12H29N5/c1-16-12-10-8-6-4-3-5-7-9-11-13-14-15-17(16)2/h13-15H,3-12H2,1-2H3. The van der Waals surface area contributed by atoms with Gasteiger partial charge in [0.2, 0.25) is 0 Å². The number of nitrogens with one attached hydrogen (secondary N) is 3. The van der Waals surface area contributed by atoms with E-state index in [-0.39, 0.29) is 0 Å². The smallest absolute Gasteiger partial charge is 0.0190 e. The Labute approximate surface area is 106 Å². The summed E-state index contributed by atoms with van der Waals surface area (Å²) < 4.78 is 0. The Morgan fingerprint density at radius 1 is 0.765 bits per heavy atom. The van der Waals surface area contributed by atoms with Crippen LogP contribution in [0.3, 0.4) is 0 Å². The van der Waals surface area contributed by atoms with Crippen LogP contribution in [0.15, 0.2) is 0 Å². The maximum atomic E-state index is 3.18. The highest BCUT2D eigenvalue weighted by Crippen LogP contribution is 2.08. The normalized spacial score (nSPS) is 25.1. The summed E-state index contributed by atoms with van der Waals surface area (Å²) in [6, 6.07) is 0. The van der Waals surface area contributed by atoms with Crippen LogP contribution in [-0.4, -0.2) is 37.3 Å². The number of hydrazine groups is 4. The van der Waals surface area contributed by atoms with Crippen LogP contribution in [0, 0.1) is 0 Å². The van der Waals surface area contributed by atoms with Gasteiger partial charge in [-0.1, -0.05) is 38.5 Å². The van der Waals surface area contributed by atoms with Gasteiger partial charge in [0, 0.05) is 27.2 Å². The summed E-state index contributed by atoms with van der Waals surface area (Å²) in [5.41, 5.74) is 9.30. The molecule has 3 N–H and O–H groups in total. The lowest BCUT2D eigenvalue weighted by Crippen LogP contribution is -2.56. The van der Waals surface area contributed by atoms with E-state index in [2.05, 4.69) is 28.6 Å². The van der Waals surface area contributed by atoms with E-state index in [9.17, 15) is 0 Å². The summed E-state index contributed by atoms with van der Waals surface area (Å²) in [4.78, 5) is 0. The maximum Gasteiger partial charge on any atom is 0.0190 e. The summed E-state index contributed by atoms with van der Waals surface area (Å²) in [6.45, 7) is 2.12. The van der Waals surface area contributed by atoms with E-state index in [1.165, 1.54) is 51.4 Å². The Bertz CT molecular complexity index is 158. The molecule has 1 saturated heterocycles. The fourth-order valence-corrected chi connectivity index (χ4v) is 2.03. The van der Waals surface area contributed by atoms with Crippen molar-refractivity contribution in [3.05, 3.63) is 0 Å². The highest BCUT2D eigenvalue weighted by molar-refractivity contribution is 4.51. The van der Waals surface area contributed by atoms with Gasteiger partial charge in [0.1, 0.15) is 0 Å². The molecule has 5 heteroatoms. The SMILES string of the molecule is CN1CCCCCCCCCCNNNN1C. The molecular weight excluding hydrogens is 214 g/mol. The van der Waals surface area contributed by atoms with Crippen LogP contribution in [-0.2, 0) is 0 Å². The predicted octanol–water partition coefficient (Wildman–Crippen LogP) is 1.41. The van der Waals surface area contributed by atoms with Gasteiger partial charge >= 0.3 is 0 Å². The molecule has 0 amide bonds. The van der Waals surface area contributed by atoms with E-state index in [1.54, 1.807) is 0 Å². The van der Waals surface area contributed by atoms with E-state index in [4.69, 9.17) is 0 Å². The topological polar surface area (TPSA) is 42.6 Å². The molecule has 0 radical (unpaired) electrons. The molecule has 0 atom stereocenters. The molecule has 17 heavy (non-hydrogen) atoms. The molecule has 0 aromatic carbocycles. The lowest BCUT2D eigenvalue weighted by Gasteiger charge is -2.28. The molecule has 1 heterocycles. The fourth-order valence-electron chi connectivity index (χ4n) is 2.03. The summed E-state index contributed by atoms with van der Waals surface area (Å²) in [7, 11) is 4.12. The molecule has 5 nitrogen and oxygen atoms in total. The lowest BCUT2D eigenvalue weighted by atomic mass is 10.1. The molecule has 0 bridgehead atoms. The molecule has 102 valence electrons. The van der Waals surface area contributed by atoms with Gasteiger partial charge in [0.25, 0.3) is 0 Å². The first-order chi connectivity index (χ1) is 8.30. The van der Waals surface area contributed by atoms with Gasteiger partial charge in [0.15, 0.2) is 0 Å². The van der Waals surface area contributed by atoms with Crippen LogP contribution < -0.4 is 16.5 Å². The zero-order valence-corrected chi connectivity index (χ0v) is 11.5. The molecule has 1 fully saturated rings.